The molecule has 0 saturated carbocycles. The Hall–Kier alpha value is -2.60. The first-order chi connectivity index (χ1) is 10.8. The lowest BCUT2D eigenvalue weighted by molar-refractivity contribution is 0.0695. The zero-order valence-electron chi connectivity index (χ0n) is 14.0. The van der Waals surface area contributed by atoms with E-state index in [9.17, 15) is 4.79 Å². The molecule has 3 nitrogen and oxygen atoms in total. The van der Waals surface area contributed by atoms with Gasteiger partial charge in [0.05, 0.1) is 11.3 Å². The lowest BCUT2D eigenvalue weighted by atomic mass is 9.87. The fourth-order valence-electron chi connectivity index (χ4n) is 2.22. The van der Waals surface area contributed by atoms with Crippen molar-refractivity contribution in [1.29, 1.82) is 0 Å². The maximum atomic E-state index is 11.1. The molecule has 2 aromatic rings. The fraction of sp³-hybridized carbons (Fsp3) is 0.300. The quantitative estimate of drug-likeness (QED) is 0.852. The number of carbonyl (C=O) groups is 1. The number of benzene rings is 1. The normalized spacial score (nSPS) is 10.8. The molecule has 0 unspecified atom stereocenters. The topological polar surface area (TPSA) is 50.2 Å². The number of aromatic carboxylic acids is 1. The molecule has 0 aliphatic rings. The van der Waals surface area contributed by atoms with Crippen LogP contribution >= 0.6 is 0 Å². The average Bonchev–Trinajstić information content (AvgIpc) is 2.52. The summed E-state index contributed by atoms with van der Waals surface area (Å²) in [4.78, 5) is 15.4. The molecular formula is C20H21NO2. The van der Waals surface area contributed by atoms with Gasteiger partial charge in [-0.25, -0.2) is 9.78 Å². The minimum atomic E-state index is -0.952. The molecule has 118 valence electrons. The van der Waals surface area contributed by atoms with Gasteiger partial charge in [-0.1, -0.05) is 45.7 Å². The first kappa shape index (κ1) is 16.8. The van der Waals surface area contributed by atoms with Gasteiger partial charge in [0.25, 0.3) is 0 Å². The zero-order valence-corrected chi connectivity index (χ0v) is 14.0. The number of carboxylic acids is 1. The second-order valence-electron chi connectivity index (χ2n) is 6.43. The molecular weight excluding hydrogens is 286 g/mol. The minimum absolute atomic E-state index is 0.121. The molecule has 0 bridgehead atoms. The molecule has 1 aromatic carbocycles. The van der Waals surface area contributed by atoms with Crippen molar-refractivity contribution in [2.24, 2.45) is 0 Å². The predicted molar refractivity (Wildman–Crippen MR) is 91.7 cm³/mol. The Morgan fingerprint density at radius 1 is 1.09 bits per heavy atom. The van der Waals surface area contributed by atoms with E-state index in [4.69, 9.17) is 5.11 Å². The highest BCUT2D eigenvalue weighted by Gasteiger charge is 2.12. The van der Waals surface area contributed by atoms with Gasteiger partial charge in [0, 0.05) is 5.56 Å². The van der Waals surface area contributed by atoms with E-state index in [-0.39, 0.29) is 11.0 Å². The first-order valence-corrected chi connectivity index (χ1v) is 7.67. The second kappa shape index (κ2) is 6.66. The number of pyridine rings is 1. The highest BCUT2D eigenvalue weighted by Crippen LogP contribution is 2.21. The van der Waals surface area contributed by atoms with Crippen molar-refractivity contribution in [2.45, 2.75) is 39.5 Å². The Bertz CT molecular complexity index is 772. The summed E-state index contributed by atoms with van der Waals surface area (Å²) in [5, 5.41) is 9.11. The standard InChI is InChI=1S/C20H21NO2/c1-5-18-17(19(22)23)13-12-16(21-18)11-8-14-6-9-15(10-7-14)20(2,3)4/h6-7,9-10,12-13H,5H2,1-4H3,(H,22,23). The van der Waals surface area contributed by atoms with Crippen LogP contribution in [0.3, 0.4) is 0 Å². The Labute approximate surface area is 137 Å². The maximum absolute atomic E-state index is 11.1. The van der Waals surface area contributed by atoms with Gasteiger partial charge in [-0.15, -0.1) is 0 Å². The lowest BCUT2D eigenvalue weighted by Crippen LogP contribution is -2.10. The fourth-order valence-corrected chi connectivity index (χ4v) is 2.22. The van der Waals surface area contributed by atoms with Gasteiger partial charge in [0.1, 0.15) is 5.69 Å². The van der Waals surface area contributed by atoms with Crippen LogP contribution in [-0.4, -0.2) is 16.1 Å². The van der Waals surface area contributed by atoms with Crippen molar-refractivity contribution in [3.8, 4) is 11.8 Å². The molecule has 0 radical (unpaired) electrons. The third kappa shape index (κ3) is 4.20. The van der Waals surface area contributed by atoms with Crippen LogP contribution in [0.15, 0.2) is 36.4 Å². The van der Waals surface area contributed by atoms with Gasteiger partial charge in [-0.3, -0.25) is 0 Å². The molecule has 0 aliphatic carbocycles. The van der Waals surface area contributed by atoms with E-state index in [1.165, 1.54) is 5.56 Å². The van der Waals surface area contributed by atoms with Crippen LogP contribution in [0.5, 0.6) is 0 Å². The smallest absolute Gasteiger partial charge is 0.337 e. The van der Waals surface area contributed by atoms with Gasteiger partial charge < -0.3 is 5.11 Å². The molecule has 3 heteroatoms. The summed E-state index contributed by atoms with van der Waals surface area (Å²) in [5.74, 6) is 5.13. The van der Waals surface area contributed by atoms with Gasteiger partial charge in [-0.2, -0.15) is 0 Å². The largest absolute Gasteiger partial charge is 0.478 e. The predicted octanol–water partition coefficient (Wildman–Crippen LogP) is 4.04. The monoisotopic (exact) mass is 307 g/mol. The SMILES string of the molecule is CCc1nc(C#Cc2ccc(C(C)(C)C)cc2)ccc1C(=O)O. The molecule has 1 N–H and O–H groups in total. The number of hydrogen-bond donors (Lipinski definition) is 1. The van der Waals surface area contributed by atoms with E-state index in [1.807, 2.05) is 19.1 Å². The van der Waals surface area contributed by atoms with Gasteiger partial charge >= 0.3 is 5.97 Å². The summed E-state index contributed by atoms with van der Waals surface area (Å²) >= 11 is 0. The zero-order chi connectivity index (χ0) is 17.0. The molecule has 1 aromatic heterocycles. The highest BCUT2D eigenvalue weighted by atomic mass is 16.4. The number of nitrogens with zero attached hydrogens (tertiary/aromatic N) is 1. The molecule has 2 rings (SSSR count). The van der Waals surface area contributed by atoms with E-state index >= 15 is 0 Å². The number of rotatable bonds is 2. The number of carboxylic acid groups (broad SMARTS) is 1. The van der Waals surface area contributed by atoms with Crippen LogP contribution < -0.4 is 0 Å². The molecule has 0 atom stereocenters. The van der Waals surface area contributed by atoms with Crippen molar-refractivity contribution in [3.63, 3.8) is 0 Å². The maximum Gasteiger partial charge on any atom is 0.337 e. The van der Waals surface area contributed by atoms with E-state index in [1.54, 1.807) is 12.1 Å². The molecule has 0 aliphatic heterocycles. The number of aromatic nitrogens is 1. The molecule has 23 heavy (non-hydrogen) atoms. The lowest BCUT2D eigenvalue weighted by Gasteiger charge is -2.18. The van der Waals surface area contributed by atoms with Crippen molar-refractivity contribution >= 4 is 5.97 Å². The van der Waals surface area contributed by atoms with Crippen LogP contribution in [0.1, 0.15) is 60.6 Å². The van der Waals surface area contributed by atoms with Crippen molar-refractivity contribution in [1.82, 2.24) is 4.98 Å². The van der Waals surface area contributed by atoms with Crippen LogP contribution in [-0.2, 0) is 11.8 Å². The Kier molecular flexibility index (Phi) is 4.86. The minimum Gasteiger partial charge on any atom is -0.478 e. The van der Waals surface area contributed by atoms with Crippen molar-refractivity contribution in [2.75, 3.05) is 0 Å². The summed E-state index contributed by atoms with van der Waals surface area (Å²) in [6, 6.07) is 11.4. The summed E-state index contributed by atoms with van der Waals surface area (Å²) in [7, 11) is 0. The van der Waals surface area contributed by atoms with Gasteiger partial charge in [0.2, 0.25) is 0 Å². The van der Waals surface area contributed by atoms with E-state index in [2.05, 4.69) is 49.7 Å². The molecule has 0 saturated heterocycles. The van der Waals surface area contributed by atoms with E-state index in [0.717, 1.165) is 5.56 Å². The first-order valence-electron chi connectivity index (χ1n) is 7.67. The highest BCUT2D eigenvalue weighted by molar-refractivity contribution is 5.88. The number of hydrogen-bond acceptors (Lipinski definition) is 2. The molecule has 0 amide bonds. The van der Waals surface area contributed by atoms with Gasteiger partial charge in [0.15, 0.2) is 0 Å². The molecule has 1 heterocycles. The summed E-state index contributed by atoms with van der Waals surface area (Å²) in [6.45, 7) is 8.41. The van der Waals surface area contributed by atoms with Crippen LogP contribution in [0, 0.1) is 11.8 Å². The summed E-state index contributed by atoms with van der Waals surface area (Å²) < 4.78 is 0. The third-order valence-corrected chi connectivity index (χ3v) is 3.63. The second-order valence-corrected chi connectivity index (χ2v) is 6.43. The van der Waals surface area contributed by atoms with Crippen molar-refractivity contribution < 1.29 is 9.90 Å². The van der Waals surface area contributed by atoms with Crippen LogP contribution in [0.25, 0.3) is 0 Å². The molecule has 0 spiro atoms. The third-order valence-electron chi connectivity index (χ3n) is 3.63. The van der Waals surface area contributed by atoms with Crippen LogP contribution in [0.4, 0.5) is 0 Å². The van der Waals surface area contributed by atoms with E-state index in [0.29, 0.717) is 17.8 Å². The molecule has 0 fully saturated rings. The van der Waals surface area contributed by atoms with E-state index < -0.39 is 5.97 Å². The van der Waals surface area contributed by atoms with Crippen LogP contribution in [0.2, 0.25) is 0 Å². The average molecular weight is 307 g/mol. The Balaban J connectivity index is 2.27. The summed E-state index contributed by atoms with van der Waals surface area (Å²) in [5.41, 5.74) is 3.70. The van der Waals surface area contributed by atoms with Gasteiger partial charge in [-0.05, 0) is 47.6 Å². The Morgan fingerprint density at radius 3 is 2.26 bits per heavy atom. The Morgan fingerprint density at radius 2 is 1.74 bits per heavy atom. The number of aryl methyl sites for hydroxylation is 1. The van der Waals surface area contributed by atoms with Crippen molar-refractivity contribution in [3.05, 3.63) is 64.5 Å². The summed E-state index contributed by atoms with van der Waals surface area (Å²) in [6.07, 6.45) is 0.567.